The normalized spacial score (nSPS) is 11.7. The number of esters is 1. The standard InChI is InChI=1S/C21H23NO2/c1-14-9-8-10-15(2)18(14)19-17(24-20(23)21(3,4)5)13-16-11-6-7-12-22(16)19/h6-13H,1-5H3. The van der Waals surface area contributed by atoms with Gasteiger partial charge < -0.3 is 9.14 Å². The maximum absolute atomic E-state index is 12.4. The third kappa shape index (κ3) is 2.82. The summed E-state index contributed by atoms with van der Waals surface area (Å²) in [4.78, 5) is 12.4. The van der Waals surface area contributed by atoms with Gasteiger partial charge in [0.25, 0.3) is 0 Å². The van der Waals surface area contributed by atoms with Crippen molar-refractivity contribution in [1.82, 2.24) is 4.40 Å². The number of aromatic nitrogens is 1. The Morgan fingerprint density at radius 3 is 2.29 bits per heavy atom. The van der Waals surface area contributed by atoms with Gasteiger partial charge in [-0.15, -0.1) is 0 Å². The summed E-state index contributed by atoms with van der Waals surface area (Å²) >= 11 is 0. The first-order valence-electron chi connectivity index (χ1n) is 8.18. The Balaban J connectivity index is 2.26. The van der Waals surface area contributed by atoms with Crippen LogP contribution in [0.15, 0.2) is 48.7 Å². The van der Waals surface area contributed by atoms with Gasteiger partial charge in [0.15, 0.2) is 5.75 Å². The van der Waals surface area contributed by atoms with Crippen LogP contribution in [0.1, 0.15) is 31.9 Å². The minimum absolute atomic E-state index is 0.231. The van der Waals surface area contributed by atoms with Gasteiger partial charge in [0.05, 0.1) is 11.1 Å². The van der Waals surface area contributed by atoms with E-state index >= 15 is 0 Å². The van der Waals surface area contributed by atoms with Gasteiger partial charge in [0, 0.05) is 23.3 Å². The highest BCUT2D eigenvalue weighted by Crippen LogP contribution is 2.38. The number of aryl methyl sites for hydroxylation is 2. The van der Waals surface area contributed by atoms with E-state index < -0.39 is 5.41 Å². The van der Waals surface area contributed by atoms with Crippen LogP contribution in [0.2, 0.25) is 0 Å². The van der Waals surface area contributed by atoms with Gasteiger partial charge in [-0.2, -0.15) is 0 Å². The maximum Gasteiger partial charge on any atom is 0.316 e. The molecule has 3 heteroatoms. The molecule has 2 aromatic heterocycles. The highest BCUT2D eigenvalue weighted by atomic mass is 16.5. The Bertz CT molecular complexity index is 893. The van der Waals surface area contributed by atoms with Crippen molar-refractivity contribution in [3.05, 3.63) is 59.8 Å². The van der Waals surface area contributed by atoms with Gasteiger partial charge in [-0.1, -0.05) is 24.3 Å². The van der Waals surface area contributed by atoms with E-state index in [9.17, 15) is 4.79 Å². The molecule has 0 aliphatic rings. The molecule has 0 aliphatic heterocycles. The molecule has 0 amide bonds. The molecule has 0 N–H and O–H groups in total. The van der Waals surface area contributed by atoms with E-state index in [1.54, 1.807) is 0 Å². The monoisotopic (exact) mass is 321 g/mol. The van der Waals surface area contributed by atoms with Crippen molar-refractivity contribution >= 4 is 11.5 Å². The second-order valence-electron chi connectivity index (χ2n) is 7.26. The lowest BCUT2D eigenvalue weighted by atomic mass is 9.97. The Morgan fingerprint density at radius 2 is 1.67 bits per heavy atom. The summed E-state index contributed by atoms with van der Waals surface area (Å²) in [7, 11) is 0. The topological polar surface area (TPSA) is 30.7 Å². The number of rotatable bonds is 2. The van der Waals surface area contributed by atoms with Crippen LogP contribution in [0.4, 0.5) is 0 Å². The molecule has 3 aromatic rings. The largest absolute Gasteiger partial charge is 0.424 e. The van der Waals surface area contributed by atoms with E-state index in [-0.39, 0.29) is 5.97 Å². The van der Waals surface area contributed by atoms with Gasteiger partial charge >= 0.3 is 5.97 Å². The average Bonchev–Trinajstić information content (AvgIpc) is 2.84. The van der Waals surface area contributed by atoms with E-state index in [0.29, 0.717) is 5.75 Å². The number of benzene rings is 1. The Labute approximate surface area is 142 Å². The fourth-order valence-electron chi connectivity index (χ4n) is 2.86. The summed E-state index contributed by atoms with van der Waals surface area (Å²) in [6.07, 6.45) is 2.00. The second-order valence-corrected chi connectivity index (χ2v) is 7.26. The molecule has 0 fully saturated rings. The SMILES string of the molecule is Cc1cccc(C)c1-c1c(OC(=O)C(C)(C)C)cc2ccccn12. The van der Waals surface area contributed by atoms with Crippen molar-refractivity contribution in [2.24, 2.45) is 5.41 Å². The summed E-state index contributed by atoms with van der Waals surface area (Å²) in [5.74, 6) is 0.379. The molecule has 0 atom stereocenters. The lowest BCUT2D eigenvalue weighted by molar-refractivity contribution is -0.142. The van der Waals surface area contributed by atoms with Gasteiger partial charge in [-0.05, 0) is 57.9 Å². The third-order valence-corrected chi connectivity index (χ3v) is 4.18. The summed E-state index contributed by atoms with van der Waals surface area (Å²) in [5.41, 5.74) is 4.82. The summed E-state index contributed by atoms with van der Waals surface area (Å²) < 4.78 is 7.88. The van der Waals surface area contributed by atoms with Crippen molar-refractivity contribution in [3.63, 3.8) is 0 Å². The van der Waals surface area contributed by atoms with Crippen LogP contribution in [-0.4, -0.2) is 10.4 Å². The molecule has 0 bridgehead atoms. The molecule has 24 heavy (non-hydrogen) atoms. The molecule has 0 radical (unpaired) electrons. The quantitative estimate of drug-likeness (QED) is 0.609. The number of carbonyl (C=O) groups is 1. The highest BCUT2D eigenvalue weighted by molar-refractivity contribution is 5.84. The van der Waals surface area contributed by atoms with Crippen LogP contribution in [0.5, 0.6) is 5.75 Å². The van der Waals surface area contributed by atoms with Crippen LogP contribution < -0.4 is 4.74 Å². The van der Waals surface area contributed by atoms with Crippen LogP contribution in [0.3, 0.4) is 0 Å². The number of carbonyl (C=O) groups excluding carboxylic acids is 1. The summed E-state index contributed by atoms with van der Waals surface area (Å²) in [6.45, 7) is 9.76. The lowest BCUT2D eigenvalue weighted by Gasteiger charge is -2.18. The Morgan fingerprint density at radius 1 is 1.00 bits per heavy atom. The first-order valence-corrected chi connectivity index (χ1v) is 8.18. The molecule has 1 aromatic carbocycles. The van der Waals surface area contributed by atoms with Crippen molar-refractivity contribution in [2.45, 2.75) is 34.6 Å². The minimum Gasteiger partial charge on any atom is -0.424 e. The molecule has 3 nitrogen and oxygen atoms in total. The Hall–Kier alpha value is -2.55. The number of pyridine rings is 1. The number of hydrogen-bond acceptors (Lipinski definition) is 2. The molecular weight excluding hydrogens is 298 g/mol. The number of hydrogen-bond donors (Lipinski definition) is 0. The summed E-state index contributed by atoms with van der Waals surface area (Å²) in [6, 6.07) is 14.1. The van der Waals surface area contributed by atoms with Crippen molar-refractivity contribution in [3.8, 4) is 17.0 Å². The summed E-state index contributed by atoms with van der Waals surface area (Å²) in [5, 5.41) is 0. The van der Waals surface area contributed by atoms with Crippen LogP contribution >= 0.6 is 0 Å². The van der Waals surface area contributed by atoms with Crippen LogP contribution in [-0.2, 0) is 4.79 Å². The van der Waals surface area contributed by atoms with Crippen molar-refractivity contribution in [2.75, 3.05) is 0 Å². The van der Waals surface area contributed by atoms with Gasteiger partial charge in [0.1, 0.15) is 0 Å². The molecular formula is C21H23NO2. The molecule has 0 spiro atoms. The third-order valence-electron chi connectivity index (χ3n) is 4.18. The first-order chi connectivity index (χ1) is 11.3. The van der Waals surface area contributed by atoms with E-state index in [0.717, 1.165) is 27.9 Å². The van der Waals surface area contributed by atoms with Gasteiger partial charge in [0.2, 0.25) is 0 Å². The van der Waals surface area contributed by atoms with Crippen molar-refractivity contribution in [1.29, 1.82) is 0 Å². The predicted molar refractivity (Wildman–Crippen MR) is 97.4 cm³/mol. The number of nitrogens with zero attached hydrogens (tertiary/aromatic N) is 1. The fourth-order valence-corrected chi connectivity index (χ4v) is 2.86. The zero-order valence-electron chi connectivity index (χ0n) is 14.9. The Kier molecular flexibility index (Phi) is 3.96. The van der Waals surface area contributed by atoms with E-state index in [4.69, 9.17) is 4.74 Å². The molecule has 3 rings (SSSR count). The van der Waals surface area contributed by atoms with E-state index in [1.807, 2.05) is 57.3 Å². The smallest absolute Gasteiger partial charge is 0.316 e. The number of fused-ring (bicyclic) bond motifs is 1. The molecule has 0 saturated heterocycles. The molecule has 0 aliphatic carbocycles. The fraction of sp³-hybridized carbons (Fsp3) is 0.286. The zero-order valence-corrected chi connectivity index (χ0v) is 14.9. The molecule has 0 saturated carbocycles. The van der Waals surface area contributed by atoms with E-state index in [2.05, 4.69) is 30.4 Å². The van der Waals surface area contributed by atoms with E-state index in [1.165, 1.54) is 0 Å². The number of ether oxygens (including phenoxy) is 1. The highest BCUT2D eigenvalue weighted by Gasteiger charge is 2.26. The lowest BCUT2D eigenvalue weighted by Crippen LogP contribution is -2.25. The second kappa shape index (κ2) is 5.82. The maximum atomic E-state index is 12.4. The average molecular weight is 321 g/mol. The molecule has 124 valence electrons. The molecule has 0 unspecified atom stereocenters. The zero-order chi connectivity index (χ0) is 17.5. The van der Waals surface area contributed by atoms with Crippen molar-refractivity contribution < 1.29 is 9.53 Å². The van der Waals surface area contributed by atoms with Gasteiger partial charge in [-0.3, -0.25) is 4.79 Å². The van der Waals surface area contributed by atoms with Crippen LogP contribution in [0, 0.1) is 19.3 Å². The predicted octanol–water partition coefficient (Wildman–Crippen LogP) is 5.17. The first kappa shape index (κ1) is 16.3. The van der Waals surface area contributed by atoms with Crippen LogP contribution in [0.25, 0.3) is 16.8 Å². The molecule has 2 heterocycles. The van der Waals surface area contributed by atoms with Gasteiger partial charge in [-0.25, -0.2) is 0 Å². The minimum atomic E-state index is -0.549.